The Kier molecular flexibility index (Phi) is 6.97. The van der Waals surface area contributed by atoms with Crippen molar-refractivity contribution >= 4 is 24.1 Å². The minimum atomic E-state index is -4.54. The molecular formula is C20H21ClF3N7O. The van der Waals surface area contributed by atoms with Gasteiger partial charge in [0.05, 0.1) is 23.6 Å². The fourth-order valence-electron chi connectivity index (χ4n) is 3.70. The van der Waals surface area contributed by atoms with Crippen molar-refractivity contribution in [1.29, 1.82) is 0 Å². The van der Waals surface area contributed by atoms with Crippen molar-refractivity contribution in [2.75, 3.05) is 11.9 Å². The van der Waals surface area contributed by atoms with E-state index in [-0.39, 0.29) is 36.2 Å². The molecule has 4 rings (SSSR count). The van der Waals surface area contributed by atoms with Crippen LogP contribution in [0.15, 0.2) is 48.8 Å². The number of amides is 1. The van der Waals surface area contributed by atoms with Gasteiger partial charge in [-0.05, 0) is 44.0 Å². The minimum Gasteiger partial charge on any atom is -0.364 e. The molecule has 0 spiro atoms. The van der Waals surface area contributed by atoms with Crippen molar-refractivity contribution in [2.24, 2.45) is 0 Å². The number of piperidine rings is 1. The number of rotatable bonds is 4. The summed E-state index contributed by atoms with van der Waals surface area (Å²) in [5.41, 5.74) is 0.00398. The first-order valence-corrected chi connectivity index (χ1v) is 9.79. The van der Waals surface area contributed by atoms with Crippen LogP contribution in [0.4, 0.5) is 19.0 Å². The summed E-state index contributed by atoms with van der Waals surface area (Å²) in [4.78, 5) is 16.5. The zero-order valence-corrected chi connectivity index (χ0v) is 17.8. The lowest BCUT2D eigenvalue weighted by atomic mass is 9.96. The second kappa shape index (κ2) is 9.51. The predicted molar refractivity (Wildman–Crippen MR) is 113 cm³/mol. The van der Waals surface area contributed by atoms with Gasteiger partial charge in [-0.1, -0.05) is 12.1 Å². The first-order chi connectivity index (χ1) is 14.8. The summed E-state index contributed by atoms with van der Waals surface area (Å²) in [5.74, 6) is 0.0747. The molecule has 1 fully saturated rings. The second-order valence-corrected chi connectivity index (χ2v) is 7.27. The van der Waals surface area contributed by atoms with Gasteiger partial charge in [-0.2, -0.15) is 28.2 Å². The molecular weight excluding hydrogens is 447 g/mol. The third kappa shape index (κ3) is 4.82. The number of carbonyl (C=O) groups is 1. The molecule has 0 unspecified atom stereocenters. The van der Waals surface area contributed by atoms with Crippen LogP contribution in [0.3, 0.4) is 0 Å². The molecule has 32 heavy (non-hydrogen) atoms. The van der Waals surface area contributed by atoms with Crippen LogP contribution in [-0.4, -0.2) is 54.6 Å². The highest BCUT2D eigenvalue weighted by Gasteiger charge is 2.34. The first-order valence-electron chi connectivity index (χ1n) is 9.79. The van der Waals surface area contributed by atoms with Crippen LogP contribution in [0, 0.1) is 0 Å². The molecule has 0 bridgehead atoms. The van der Waals surface area contributed by atoms with E-state index in [1.165, 1.54) is 23.3 Å². The molecule has 2 atom stereocenters. The third-order valence-electron chi connectivity index (χ3n) is 5.31. The molecule has 8 nitrogen and oxygen atoms in total. The Morgan fingerprint density at radius 2 is 1.81 bits per heavy atom. The van der Waals surface area contributed by atoms with E-state index in [1.807, 2.05) is 13.0 Å². The molecule has 3 aromatic rings. The summed E-state index contributed by atoms with van der Waals surface area (Å²) in [5, 5.41) is 18.2. The predicted octanol–water partition coefficient (Wildman–Crippen LogP) is 3.60. The number of halogens is 4. The molecule has 1 aromatic carbocycles. The zero-order valence-electron chi connectivity index (χ0n) is 17.0. The van der Waals surface area contributed by atoms with Gasteiger partial charge in [0.1, 0.15) is 5.82 Å². The standard InChI is InChI=1S/C20H20F3N7O.ClH/c1-13-15(26-18-9-8-17(27-28-18)20(21,22)23)6-4-12-29(13)19(31)14-5-2-3-7-16(14)30-24-10-11-25-30;/h2-3,5,7-11,13,15H,4,6,12H2,1H3,(H,26,28);1H/t13-,15+;/m1./s1. The monoisotopic (exact) mass is 467 g/mol. The van der Waals surface area contributed by atoms with Crippen molar-refractivity contribution in [3.63, 3.8) is 0 Å². The van der Waals surface area contributed by atoms with E-state index in [4.69, 9.17) is 0 Å². The van der Waals surface area contributed by atoms with E-state index in [0.29, 0.717) is 17.8 Å². The molecule has 2 aromatic heterocycles. The van der Waals surface area contributed by atoms with E-state index in [0.717, 1.165) is 18.9 Å². The van der Waals surface area contributed by atoms with Gasteiger partial charge in [-0.3, -0.25) is 4.79 Å². The highest BCUT2D eigenvalue weighted by atomic mass is 35.5. The van der Waals surface area contributed by atoms with E-state index in [1.54, 1.807) is 23.1 Å². The molecule has 1 N–H and O–H groups in total. The number of hydrogen-bond donors (Lipinski definition) is 1. The number of aromatic nitrogens is 5. The normalized spacial score (nSPS) is 18.7. The fraction of sp³-hybridized carbons (Fsp3) is 0.350. The van der Waals surface area contributed by atoms with Gasteiger partial charge in [0.2, 0.25) is 0 Å². The Hall–Kier alpha value is -3.21. The van der Waals surface area contributed by atoms with E-state index in [2.05, 4.69) is 25.7 Å². The van der Waals surface area contributed by atoms with E-state index >= 15 is 0 Å². The minimum absolute atomic E-state index is 0. The molecule has 1 saturated heterocycles. The van der Waals surface area contributed by atoms with Crippen LogP contribution in [0.5, 0.6) is 0 Å². The van der Waals surface area contributed by atoms with Crippen molar-refractivity contribution in [2.45, 2.75) is 38.0 Å². The van der Waals surface area contributed by atoms with Crippen molar-refractivity contribution in [1.82, 2.24) is 30.1 Å². The number of hydrogen-bond acceptors (Lipinski definition) is 6. The smallest absolute Gasteiger partial charge is 0.364 e. The van der Waals surface area contributed by atoms with E-state index in [9.17, 15) is 18.0 Å². The summed E-state index contributed by atoms with van der Waals surface area (Å²) in [7, 11) is 0. The lowest BCUT2D eigenvalue weighted by Gasteiger charge is -2.40. The van der Waals surface area contributed by atoms with Gasteiger partial charge >= 0.3 is 6.18 Å². The Morgan fingerprint density at radius 1 is 1.09 bits per heavy atom. The maximum atomic E-state index is 13.4. The molecule has 3 heterocycles. The Bertz CT molecular complexity index is 1040. The van der Waals surface area contributed by atoms with Crippen molar-refractivity contribution < 1.29 is 18.0 Å². The summed E-state index contributed by atoms with van der Waals surface area (Å²) >= 11 is 0. The van der Waals surface area contributed by atoms with Crippen LogP contribution in [0.2, 0.25) is 0 Å². The second-order valence-electron chi connectivity index (χ2n) is 7.27. The third-order valence-corrected chi connectivity index (χ3v) is 5.31. The molecule has 12 heteroatoms. The molecule has 0 saturated carbocycles. The largest absolute Gasteiger partial charge is 0.435 e. The molecule has 0 aliphatic carbocycles. The highest BCUT2D eigenvalue weighted by Crippen LogP contribution is 2.28. The van der Waals surface area contributed by atoms with Crippen LogP contribution in [0.25, 0.3) is 5.69 Å². The molecule has 1 aliphatic rings. The molecule has 170 valence electrons. The van der Waals surface area contributed by atoms with E-state index < -0.39 is 11.9 Å². The number of alkyl halides is 3. The maximum Gasteiger partial charge on any atom is 0.435 e. The lowest BCUT2D eigenvalue weighted by molar-refractivity contribution is -0.141. The Labute approximate surface area is 188 Å². The fourth-order valence-corrected chi connectivity index (χ4v) is 3.70. The number of anilines is 1. The Morgan fingerprint density at radius 3 is 2.47 bits per heavy atom. The summed E-state index contributed by atoms with van der Waals surface area (Å²) in [6.45, 7) is 2.47. The number of nitrogens with one attached hydrogen (secondary N) is 1. The van der Waals surface area contributed by atoms with Gasteiger partial charge in [0.15, 0.2) is 5.69 Å². The number of nitrogens with zero attached hydrogens (tertiary/aromatic N) is 6. The average molecular weight is 468 g/mol. The summed E-state index contributed by atoms with van der Waals surface area (Å²) in [6.07, 6.45) is 0.0232. The summed E-state index contributed by atoms with van der Waals surface area (Å²) < 4.78 is 38.1. The Balaban J connectivity index is 0.00000289. The lowest BCUT2D eigenvalue weighted by Crippen LogP contribution is -2.52. The van der Waals surface area contributed by atoms with Gasteiger partial charge in [0.25, 0.3) is 5.91 Å². The van der Waals surface area contributed by atoms with Gasteiger partial charge in [-0.15, -0.1) is 22.6 Å². The number of likely N-dealkylation sites (tertiary alicyclic amines) is 1. The van der Waals surface area contributed by atoms with Gasteiger partial charge in [0, 0.05) is 18.6 Å². The zero-order chi connectivity index (χ0) is 22.0. The molecule has 1 aliphatic heterocycles. The van der Waals surface area contributed by atoms with Crippen LogP contribution < -0.4 is 5.32 Å². The van der Waals surface area contributed by atoms with Crippen LogP contribution >= 0.6 is 12.4 Å². The molecule has 1 amide bonds. The van der Waals surface area contributed by atoms with Crippen molar-refractivity contribution in [3.05, 3.63) is 60.0 Å². The molecule has 0 radical (unpaired) electrons. The number of para-hydroxylation sites is 1. The quantitative estimate of drug-likeness (QED) is 0.630. The number of benzene rings is 1. The average Bonchev–Trinajstić information content (AvgIpc) is 3.29. The first kappa shape index (κ1) is 23.5. The topological polar surface area (TPSA) is 88.8 Å². The van der Waals surface area contributed by atoms with Crippen molar-refractivity contribution in [3.8, 4) is 5.69 Å². The van der Waals surface area contributed by atoms with Crippen LogP contribution in [0.1, 0.15) is 35.8 Å². The SMILES string of the molecule is C[C@@H]1[C@@H](Nc2ccc(C(F)(F)F)nn2)CCCN1C(=O)c1ccccc1-n1nccn1.Cl. The van der Waals surface area contributed by atoms with Crippen LogP contribution in [-0.2, 0) is 6.18 Å². The number of carbonyl (C=O) groups excluding carboxylic acids is 1. The van der Waals surface area contributed by atoms with Gasteiger partial charge < -0.3 is 10.2 Å². The maximum absolute atomic E-state index is 13.4. The highest BCUT2D eigenvalue weighted by molar-refractivity contribution is 5.98. The summed E-state index contributed by atoms with van der Waals surface area (Å²) in [6, 6.07) is 8.83. The van der Waals surface area contributed by atoms with Gasteiger partial charge in [-0.25, -0.2) is 0 Å².